The molecule has 83 heavy (non-hydrogen) atoms. The normalized spacial score (nSPS) is 52.2. The lowest BCUT2D eigenvalue weighted by molar-refractivity contribution is -0.398. The summed E-state index contributed by atoms with van der Waals surface area (Å²) in [4.78, 5) is 25.5. The molecule has 8 fully saturated rings. The lowest BCUT2D eigenvalue weighted by Crippen LogP contribution is -2.72. The molecule has 0 aromatic heterocycles. The molecular formula is C57H92O26. The van der Waals surface area contributed by atoms with E-state index in [1.54, 1.807) is 0 Å². The Labute approximate surface area is 482 Å². The van der Waals surface area contributed by atoms with E-state index < -0.39 is 219 Å². The van der Waals surface area contributed by atoms with Gasteiger partial charge in [0.05, 0.1) is 50.7 Å². The van der Waals surface area contributed by atoms with Crippen LogP contribution in [0.3, 0.4) is 0 Å². The number of ether oxygens (including phenoxy) is 10. The van der Waals surface area contributed by atoms with Crippen LogP contribution in [0.15, 0.2) is 11.6 Å². The van der Waals surface area contributed by atoms with Gasteiger partial charge in [-0.3, -0.25) is 9.59 Å². The van der Waals surface area contributed by atoms with Gasteiger partial charge in [0.25, 0.3) is 0 Å². The molecule has 0 unspecified atom stereocenters. The van der Waals surface area contributed by atoms with Crippen molar-refractivity contribution in [2.45, 2.75) is 248 Å². The Bertz CT molecular complexity index is 2320. The first kappa shape index (κ1) is 65.3. The van der Waals surface area contributed by atoms with E-state index in [2.05, 4.69) is 40.7 Å². The summed E-state index contributed by atoms with van der Waals surface area (Å²) in [7, 11) is 0. The average molecular weight is 1190 g/mol. The van der Waals surface area contributed by atoms with E-state index >= 15 is 0 Å². The van der Waals surface area contributed by atoms with Crippen molar-refractivity contribution >= 4 is 11.9 Å². The standard InChI is InChI=1S/C57H92O26/c1-23(61)76-46-47(77-24(2)62)57(22-60)26(16-52(46,3)4)25-10-11-32-54(7)14-13-34(53(5,6)31(54)12-15-55(32,8)56(25,9)17-33(57)64)81-51-45(83-50-42(72)39(69)37(67)29(19-59)79-50)43(73)44(82-49-41(71)38(68)36(66)28(18-58)78-49)30(80-51)21-75-48-40(70)35(65)27(63)20-74-48/h10,26-51,58-60,63-73H,11-22H2,1-9H3/t26-,27+,28+,29-,30-,31-,32-,33-,34+,35+,36+,37-,38-,39+,40-,41+,42-,43+,44-,45-,46+,47+,48+,49-,50+,51+,54+,55-,56-,57+/m1/s1. The van der Waals surface area contributed by atoms with Gasteiger partial charge in [-0.25, -0.2) is 0 Å². The molecule has 4 saturated carbocycles. The van der Waals surface area contributed by atoms with E-state index in [4.69, 9.17) is 47.4 Å². The van der Waals surface area contributed by atoms with Gasteiger partial charge in [0, 0.05) is 19.3 Å². The molecule has 0 aromatic carbocycles. The van der Waals surface area contributed by atoms with Crippen LogP contribution in [0, 0.1) is 50.2 Å². The van der Waals surface area contributed by atoms with Gasteiger partial charge in [-0.2, -0.15) is 0 Å². The number of carbonyl (C=O) groups is 2. The molecule has 14 N–H and O–H groups in total. The van der Waals surface area contributed by atoms with Crippen LogP contribution in [-0.4, -0.2) is 258 Å². The molecule has 0 bridgehead atoms. The van der Waals surface area contributed by atoms with E-state index in [9.17, 15) is 81.1 Å². The van der Waals surface area contributed by atoms with Gasteiger partial charge in [0.1, 0.15) is 104 Å². The summed E-state index contributed by atoms with van der Waals surface area (Å²) in [5.41, 5.74) is -3.23. The highest BCUT2D eigenvalue weighted by molar-refractivity contribution is 5.68. The second-order valence-electron chi connectivity index (χ2n) is 27.3. The number of aliphatic hydroxyl groups is 14. The first-order chi connectivity index (χ1) is 38.8. The minimum Gasteiger partial charge on any atom is -0.458 e. The van der Waals surface area contributed by atoms with Crippen molar-refractivity contribution in [2.75, 3.05) is 33.0 Å². The first-order valence-electron chi connectivity index (χ1n) is 29.3. The fourth-order valence-corrected chi connectivity index (χ4v) is 17.2. The molecule has 4 saturated heterocycles. The monoisotopic (exact) mass is 1190 g/mol. The molecule has 9 rings (SSSR count). The summed E-state index contributed by atoms with van der Waals surface area (Å²) in [6.45, 7) is 14.1. The van der Waals surface area contributed by atoms with Crippen molar-refractivity contribution in [2.24, 2.45) is 50.2 Å². The predicted molar refractivity (Wildman–Crippen MR) is 280 cm³/mol. The van der Waals surface area contributed by atoms with Gasteiger partial charge in [0.2, 0.25) is 0 Å². The second kappa shape index (κ2) is 24.0. The van der Waals surface area contributed by atoms with Crippen molar-refractivity contribution < 1.29 is 128 Å². The zero-order valence-electron chi connectivity index (χ0n) is 48.7. The molecule has 0 spiro atoms. The van der Waals surface area contributed by atoms with E-state index in [-0.39, 0.29) is 23.7 Å². The van der Waals surface area contributed by atoms with Crippen molar-refractivity contribution in [3.05, 3.63) is 11.6 Å². The predicted octanol–water partition coefficient (Wildman–Crippen LogP) is -2.87. The third-order valence-electron chi connectivity index (χ3n) is 21.9. The molecule has 476 valence electrons. The maximum atomic E-state index is 12.9. The lowest BCUT2D eigenvalue weighted by atomic mass is 9.33. The highest BCUT2D eigenvalue weighted by Crippen LogP contribution is 2.76. The number of hydrogen-bond acceptors (Lipinski definition) is 26. The van der Waals surface area contributed by atoms with Gasteiger partial charge < -0.3 is 119 Å². The van der Waals surface area contributed by atoms with Crippen LogP contribution in [0.25, 0.3) is 0 Å². The van der Waals surface area contributed by atoms with Crippen molar-refractivity contribution in [3.63, 3.8) is 0 Å². The quantitative estimate of drug-likeness (QED) is 0.0472. The van der Waals surface area contributed by atoms with Crippen molar-refractivity contribution in [1.82, 2.24) is 0 Å². The number of esters is 2. The molecule has 4 heterocycles. The zero-order valence-corrected chi connectivity index (χ0v) is 48.7. The van der Waals surface area contributed by atoms with E-state index in [0.717, 1.165) is 5.57 Å². The number of aliphatic hydroxyl groups excluding tert-OH is 14. The Morgan fingerprint density at radius 1 is 0.590 bits per heavy atom. The number of hydrogen-bond donors (Lipinski definition) is 14. The maximum absolute atomic E-state index is 12.9. The average Bonchev–Trinajstić information content (AvgIpc) is 0.717. The van der Waals surface area contributed by atoms with Crippen molar-refractivity contribution in [1.29, 1.82) is 0 Å². The maximum Gasteiger partial charge on any atom is 0.303 e. The highest BCUT2D eigenvalue weighted by atomic mass is 16.8. The Morgan fingerprint density at radius 2 is 1.14 bits per heavy atom. The van der Waals surface area contributed by atoms with Gasteiger partial charge in [0.15, 0.2) is 25.2 Å². The van der Waals surface area contributed by atoms with Crippen LogP contribution < -0.4 is 0 Å². The molecule has 0 aromatic rings. The third-order valence-corrected chi connectivity index (χ3v) is 21.9. The Morgan fingerprint density at radius 3 is 1.71 bits per heavy atom. The van der Waals surface area contributed by atoms with E-state index in [1.165, 1.54) is 13.8 Å². The number of carbonyl (C=O) groups excluding carboxylic acids is 2. The molecule has 9 aliphatic rings. The van der Waals surface area contributed by atoms with Crippen LogP contribution >= 0.6 is 0 Å². The van der Waals surface area contributed by atoms with Crippen LogP contribution in [0.1, 0.15) is 107 Å². The fourth-order valence-electron chi connectivity index (χ4n) is 17.2. The largest absolute Gasteiger partial charge is 0.458 e. The first-order valence-corrected chi connectivity index (χ1v) is 29.3. The van der Waals surface area contributed by atoms with Crippen molar-refractivity contribution in [3.8, 4) is 0 Å². The summed E-state index contributed by atoms with van der Waals surface area (Å²) in [5.74, 6) is -1.71. The number of rotatable bonds is 14. The summed E-state index contributed by atoms with van der Waals surface area (Å²) >= 11 is 0. The van der Waals surface area contributed by atoms with E-state index in [0.29, 0.717) is 38.5 Å². The lowest BCUT2D eigenvalue weighted by Gasteiger charge is -2.72. The topological polar surface area (TPSA) is 410 Å². The molecule has 30 atom stereocenters. The van der Waals surface area contributed by atoms with Gasteiger partial charge in [-0.15, -0.1) is 0 Å². The summed E-state index contributed by atoms with van der Waals surface area (Å²) in [6, 6.07) is 0. The molecular weight excluding hydrogens is 1100 g/mol. The van der Waals surface area contributed by atoms with Crippen LogP contribution in [-0.2, 0) is 57.0 Å². The Hall–Kier alpha value is -2.20. The molecule has 0 radical (unpaired) electrons. The summed E-state index contributed by atoms with van der Waals surface area (Å²) in [6.07, 6.45) is -31.5. The molecule has 5 aliphatic carbocycles. The SMILES string of the molecule is CC(=O)O[C@H]1[C@H](OC(C)=O)[C@]2(CO)[C@H](O)C[C@]3(C)C(=CC[C@@H]4[C@@]5(C)CC[C@H](O[C@@H]6O[C@H](CO[C@@H]7OC[C@H](O)[C@H](O)[C@H]7O)[C@@H](O[C@H]7O[C@@H](CO)[C@H](O)[C@@H](O)[C@@H]7O)[C@H](O)[C@H]6O[C@@H]6O[C@H](CO)[C@@H](O)[C@H](O)[C@H]6O)C(C)(C)[C@H]5CC[C@]43C)[C@H]2CC1(C)C. The van der Waals surface area contributed by atoms with E-state index in [1.807, 2.05) is 13.8 Å². The Kier molecular flexibility index (Phi) is 18.8. The highest BCUT2D eigenvalue weighted by Gasteiger charge is 2.74. The van der Waals surface area contributed by atoms with Gasteiger partial charge in [-0.05, 0) is 84.4 Å². The summed E-state index contributed by atoms with van der Waals surface area (Å²) < 4.78 is 61.0. The number of allylic oxidation sites excluding steroid dienone is 2. The molecule has 26 nitrogen and oxygen atoms in total. The molecule has 26 heteroatoms. The van der Waals surface area contributed by atoms with Crippen LogP contribution in [0.4, 0.5) is 0 Å². The van der Waals surface area contributed by atoms with Crippen LogP contribution in [0.2, 0.25) is 0 Å². The zero-order chi connectivity index (χ0) is 61.0. The van der Waals surface area contributed by atoms with Crippen LogP contribution in [0.5, 0.6) is 0 Å². The van der Waals surface area contributed by atoms with Gasteiger partial charge >= 0.3 is 11.9 Å². The number of fused-ring (bicyclic) bond motifs is 7. The minimum absolute atomic E-state index is 0.0278. The molecule has 4 aliphatic heterocycles. The summed E-state index contributed by atoms with van der Waals surface area (Å²) in [5, 5.41) is 154. The smallest absolute Gasteiger partial charge is 0.303 e. The fraction of sp³-hybridized carbons (Fsp3) is 0.930. The Balaban J connectivity index is 1.04. The second-order valence-corrected chi connectivity index (χ2v) is 27.3. The molecule has 0 amide bonds. The van der Waals surface area contributed by atoms with Gasteiger partial charge in [-0.1, -0.05) is 60.1 Å². The minimum atomic E-state index is -2.00. The third kappa shape index (κ3) is 10.9.